The Morgan fingerprint density at radius 1 is 1.24 bits per heavy atom. The molecule has 1 heterocycles. The van der Waals surface area contributed by atoms with Crippen molar-refractivity contribution in [2.75, 3.05) is 14.2 Å². The van der Waals surface area contributed by atoms with E-state index < -0.39 is 4.92 Å². The molecule has 1 N–H and O–H groups in total. The molecule has 2 rings (SSSR count). The predicted octanol–water partition coefficient (Wildman–Crippen LogP) is 2.51. The van der Waals surface area contributed by atoms with E-state index in [2.05, 4.69) is 10.3 Å². The number of ether oxygens (including phenoxy) is 2. The van der Waals surface area contributed by atoms with Gasteiger partial charge in [-0.1, -0.05) is 12.1 Å². The van der Waals surface area contributed by atoms with Gasteiger partial charge in [-0.05, 0) is 24.7 Å². The molecule has 0 saturated carbocycles. The van der Waals surface area contributed by atoms with Gasteiger partial charge in [-0.15, -0.1) is 0 Å². The van der Waals surface area contributed by atoms with Crippen molar-refractivity contribution in [3.05, 3.63) is 52.1 Å². The highest BCUT2D eigenvalue weighted by Crippen LogP contribution is 2.31. The largest absolute Gasteiger partial charge is 0.481 e. The summed E-state index contributed by atoms with van der Waals surface area (Å²) in [6.07, 6.45) is 0. The molecule has 21 heavy (non-hydrogen) atoms. The summed E-state index contributed by atoms with van der Waals surface area (Å²) in [4.78, 5) is 14.4. The van der Waals surface area contributed by atoms with Crippen LogP contribution in [0.4, 0.5) is 5.69 Å². The number of hydrogen-bond donors (Lipinski definition) is 1. The highest BCUT2D eigenvalue weighted by molar-refractivity contribution is 5.45. The van der Waals surface area contributed by atoms with E-state index in [0.717, 1.165) is 12.1 Å². The third kappa shape index (κ3) is 3.67. The minimum Gasteiger partial charge on any atom is -0.481 e. The molecule has 1 aromatic heterocycles. The summed E-state index contributed by atoms with van der Waals surface area (Å²) in [5.41, 5.74) is 0.869. The Morgan fingerprint density at radius 3 is 2.52 bits per heavy atom. The van der Waals surface area contributed by atoms with Crippen molar-refractivity contribution in [3.63, 3.8) is 0 Å². The van der Waals surface area contributed by atoms with Crippen LogP contribution in [0.25, 0.3) is 0 Å². The lowest BCUT2D eigenvalue weighted by Gasteiger charge is -2.07. The van der Waals surface area contributed by atoms with Crippen LogP contribution in [0.3, 0.4) is 0 Å². The summed E-state index contributed by atoms with van der Waals surface area (Å²) in [5.74, 6) is 0.627. The number of hydrogen-bond acceptors (Lipinski definition) is 6. The van der Waals surface area contributed by atoms with E-state index in [1.54, 1.807) is 12.1 Å². The molecule has 0 radical (unpaired) electrons. The Morgan fingerprint density at radius 2 is 1.95 bits per heavy atom. The molecule has 0 aliphatic rings. The summed E-state index contributed by atoms with van der Waals surface area (Å²) < 4.78 is 10.4. The van der Waals surface area contributed by atoms with Crippen LogP contribution in [0.2, 0.25) is 0 Å². The fourth-order valence-corrected chi connectivity index (χ4v) is 1.73. The fraction of sp³-hybridized carbons (Fsp3) is 0.214. The average molecular weight is 289 g/mol. The van der Waals surface area contributed by atoms with Gasteiger partial charge in [-0.3, -0.25) is 10.1 Å². The minimum absolute atomic E-state index is 0.0966. The van der Waals surface area contributed by atoms with Crippen molar-refractivity contribution < 1.29 is 14.4 Å². The molecule has 7 heteroatoms. The van der Waals surface area contributed by atoms with Gasteiger partial charge in [0.05, 0.1) is 12.0 Å². The first-order valence-electron chi connectivity index (χ1n) is 6.25. The topological polar surface area (TPSA) is 86.5 Å². The SMILES string of the molecule is CNCc1ccc(Oc2nc(OC)ccc2[N+](=O)[O-])cc1. The lowest BCUT2D eigenvalue weighted by molar-refractivity contribution is -0.386. The second kappa shape index (κ2) is 6.67. The van der Waals surface area contributed by atoms with Gasteiger partial charge in [0, 0.05) is 18.7 Å². The Hall–Kier alpha value is -2.67. The van der Waals surface area contributed by atoms with Gasteiger partial charge in [-0.25, -0.2) is 0 Å². The summed E-state index contributed by atoms with van der Waals surface area (Å²) in [6.45, 7) is 0.734. The standard InChI is InChI=1S/C14H15N3O4/c1-15-9-10-3-5-11(6-4-10)21-14-12(17(18)19)7-8-13(16-14)20-2/h3-8,15H,9H2,1-2H3. The zero-order valence-corrected chi connectivity index (χ0v) is 11.7. The monoisotopic (exact) mass is 289 g/mol. The quantitative estimate of drug-likeness (QED) is 0.649. The molecule has 0 aliphatic carbocycles. The number of benzene rings is 1. The van der Waals surface area contributed by atoms with Gasteiger partial charge >= 0.3 is 11.6 Å². The van der Waals surface area contributed by atoms with Gasteiger partial charge in [0.2, 0.25) is 5.88 Å². The van der Waals surface area contributed by atoms with Gasteiger partial charge in [-0.2, -0.15) is 4.98 Å². The number of nitro groups is 1. The number of nitrogens with zero attached hydrogens (tertiary/aromatic N) is 2. The molecule has 7 nitrogen and oxygen atoms in total. The number of rotatable bonds is 6. The van der Waals surface area contributed by atoms with Crippen LogP contribution in [-0.4, -0.2) is 24.1 Å². The van der Waals surface area contributed by atoms with E-state index in [-0.39, 0.29) is 17.4 Å². The van der Waals surface area contributed by atoms with Crippen LogP contribution < -0.4 is 14.8 Å². The summed E-state index contributed by atoms with van der Waals surface area (Å²) in [5, 5.41) is 14.0. The van der Waals surface area contributed by atoms with Crippen molar-refractivity contribution in [3.8, 4) is 17.5 Å². The molecule has 0 unspecified atom stereocenters. The first kappa shape index (κ1) is 14.7. The number of nitrogens with one attached hydrogen (secondary N) is 1. The van der Waals surface area contributed by atoms with Crippen LogP contribution in [0, 0.1) is 10.1 Å². The Labute approximate surface area is 121 Å². The third-order valence-corrected chi connectivity index (χ3v) is 2.74. The van der Waals surface area contributed by atoms with Crippen LogP contribution >= 0.6 is 0 Å². The third-order valence-electron chi connectivity index (χ3n) is 2.74. The number of aromatic nitrogens is 1. The number of pyridine rings is 1. The van der Waals surface area contributed by atoms with Crippen molar-refractivity contribution in [2.24, 2.45) is 0 Å². The molecule has 0 fully saturated rings. The maximum Gasteiger partial charge on any atom is 0.331 e. The van der Waals surface area contributed by atoms with Gasteiger partial charge in [0.15, 0.2) is 0 Å². The normalized spacial score (nSPS) is 10.2. The molecule has 1 aromatic carbocycles. The summed E-state index contributed by atoms with van der Waals surface area (Å²) in [6, 6.07) is 9.93. The van der Waals surface area contributed by atoms with E-state index in [1.807, 2.05) is 19.2 Å². The van der Waals surface area contributed by atoms with Crippen molar-refractivity contribution in [2.45, 2.75) is 6.54 Å². The van der Waals surface area contributed by atoms with E-state index in [4.69, 9.17) is 9.47 Å². The predicted molar refractivity (Wildman–Crippen MR) is 76.7 cm³/mol. The van der Waals surface area contributed by atoms with Gasteiger partial charge in [0.1, 0.15) is 5.75 Å². The van der Waals surface area contributed by atoms with Crippen LogP contribution in [0.1, 0.15) is 5.56 Å². The van der Waals surface area contributed by atoms with Crippen LogP contribution in [0.15, 0.2) is 36.4 Å². The number of methoxy groups -OCH3 is 1. The van der Waals surface area contributed by atoms with Crippen LogP contribution in [-0.2, 0) is 6.54 Å². The minimum atomic E-state index is -0.544. The zero-order chi connectivity index (χ0) is 15.2. The van der Waals surface area contributed by atoms with Crippen LogP contribution in [0.5, 0.6) is 17.5 Å². The molecule has 2 aromatic rings. The molecule has 0 saturated heterocycles. The molecule has 0 bridgehead atoms. The second-order valence-electron chi connectivity index (χ2n) is 4.21. The Bertz CT molecular complexity index is 629. The molecular weight excluding hydrogens is 274 g/mol. The van der Waals surface area contributed by atoms with E-state index in [9.17, 15) is 10.1 Å². The molecule has 0 spiro atoms. The molecule has 0 aliphatic heterocycles. The van der Waals surface area contributed by atoms with Gasteiger partial charge < -0.3 is 14.8 Å². The Balaban J connectivity index is 2.26. The highest BCUT2D eigenvalue weighted by atomic mass is 16.6. The van der Waals surface area contributed by atoms with E-state index >= 15 is 0 Å². The maximum absolute atomic E-state index is 11.0. The summed E-state index contributed by atoms with van der Waals surface area (Å²) in [7, 11) is 3.29. The van der Waals surface area contributed by atoms with Crippen molar-refractivity contribution in [1.29, 1.82) is 0 Å². The average Bonchev–Trinajstić information content (AvgIpc) is 2.49. The molecule has 0 amide bonds. The van der Waals surface area contributed by atoms with Crippen molar-refractivity contribution in [1.82, 2.24) is 10.3 Å². The fourth-order valence-electron chi connectivity index (χ4n) is 1.73. The molecule has 110 valence electrons. The zero-order valence-electron chi connectivity index (χ0n) is 11.7. The molecule has 0 atom stereocenters. The van der Waals surface area contributed by atoms with Gasteiger partial charge in [0.25, 0.3) is 0 Å². The molecular formula is C14H15N3O4. The van der Waals surface area contributed by atoms with Crippen molar-refractivity contribution >= 4 is 5.69 Å². The summed E-state index contributed by atoms with van der Waals surface area (Å²) >= 11 is 0. The lowest BCUT2D eigenvalue weighted by Crippen LogP contribution is -2.04. The smallest absolute Gasteiger partial charge is 0.331 e. The first-order chi connectivity index (χ1) is 10.1. The lowest BCUT2D eigenvalue weighted by atomic mass is 10.2. The maximum atomic E-state index is 11.0. The highest BCUT2D eigenvalue weighted by Gasteiger charge is 2.18. The van der Waals surface area contributed by atoms with E-state index in [1.165, 1.54) is 19.2 Å². The first-order valence-corrected chi connectivity index (χ1v) is 6.25. The second-order valence-corrected chi connectivity index (χ2v) is 4.21. The Kier molecular flexibility index (Phi) is 4.68. The van der Waals surface area contributed by atoms with E-state index in [0.29, 0.717) is 5.75 Å².